The first-order valence-electron chi connectivity index (χ1n) is 12.6. The Morgan fingerprint density at radius 1 is 1.02 bits per heavy atom. The van der Waals surface area contributed by atoms with Gasteiger partial charge < -0.3 is 19.1 Å². The maximum atomic E-state index is 12.9. The number of esters is 2. The molecule has 2 aromatic carbocycles. The van der Waals surface area contributed by atoms with E-state index in [0.29, 0.717) is 11.5 Å². The zero-order valence-corrected chi connectivity index (χ0v) is 25.3. The van der Waals surface area contributed by atoms with Gasteiger partial charge in [-0.2, -0.15) is 5.43 Å². The monoisotopic (exact) mass is 614 g/mol. The van der Waals surface area contributed by atoms with E-state index in [1.54, 1.807) is 39.8 Å². The van der Waals surface area contributed by atoms with E-state index in [1.807, 2.05) is 13.8 Å². The van der Waals surface area contributed by atoms with Crippen LogP contribution in [0.4, 0.5) is 5.69 Å². The predicted molar refractivity (Wildman–Crippen MR) is 152 cm³/mol. The van der Waals surface area contributed by atoms with E-state index < -0.39 is 48.8 Å². The molecule has 0 amide bonds. The van der Waals surface area contributed by atoms with Crippen LogP contribution in [0, 0.1) is 22.0 Å². The van der Waals surface area contributed by atoms with E-state index >= 15 is 0 Å². The highest BCUT2D eigenvalue weighted by molar-refractivity contribution is 7.33. The fourth-order valence-corrected chi connectivity index (χ4v) is 3.81. The second-order valence-electron chi connectivity index (χ2n) is 9.54. The van der Waals surface area contributed by atoms with Crippen molar-refractivity contribution < 1.29 is 38.1 Å². The smallest absolute Gasteiger partial charge is 0.412 e. The van der Waals surface area contributed by atoms with E-state index in [0.717, 1.165) is 0 Å². The van der Waals surface area contributed by atoms with E-state index in [2.05, 4.69) is 10.3 Å². The molecule has 13 nitrogen and oxygen atoms in total. The number of carbonyl (C=O) groups is 2. The van der Waals surface area contributed by atoms with Gasteiger partial charge in [0, 0.05) is 22.9 Å². The minimum Gasteiger partial charge on any atom is -0.574 e. The van der Waals surface area contributed by atoms with Crippen LogP contribution in [0.3, 0.4) is 0 Å². The van der Waals surface area contributed by atoms with Crippen molar-refractivity contribution in [2.45, 2.75) is 65.8 Å². The molecule has 0 fully saturated rings. The van der Waals surface area contributed by atoms with Gasteiger partial charge >= 0.3 is 20.1 Å². The van der Waals surface area contributed by atoms with Crippen molar-refractivity contribution >= 4 is 38.2 Å². The van der Waals surface area contributed by atoms with Crippen LogP contribution in [0.2, 0.25) is 0 Å². The van der Waals surface area contributed by atoms with E-state index in [9.17, 15) is 24.6 Å². The van der Waals surface area contributed by atoms with Gasteiger partial charge in [0.1, 0.15) is 17.5 Å². The van der Waals surface area contributed by atoms with Crippen LogP contribution >= 0.6 is 20.6 Å². The quantitative estimate of drug-likeness (QED) is 0.0980. The van der Waals surface area contributed by atoms with Gasteiger partial charge in [-0.15, -0.1) is 12.4 Å². The van der Waals surface area contributed by atoms with Crippen molar-refractivity contribution in [2.24, 2.45) is 22.4 Å². The minimum absolute atomic E-state index is 0. The molecule has 0 aliphatic rings. The summed E-state index contributed by atoms with van der Waals surface area (Å²) < 4.78 is 21.6. The van der Waals surface area contributed by atoms with Gasteiger partial charge in [0.25, 0.3) is 11.4 Å². The summed E-state index contributed by atoms with van der Waals surface area (Å²) in [6.45, 7) is 10.3. The standard InChI is InChI=1S/C26H35N4O9P.ClH/c1-7-23(24(31)38-26(27,18(6)16(2)3)25(32)36-17(4)5)28-29-40(35)39-22-14-12-21(13-15-22)37-20-10-8-19(9-11-20)30(33)34;/h8-18,23,28H,7,27H2,1-6H3;1H/t18-,23-,26-;/m0./s1. The molecular weight excluding hydrogens is 579 g/mol. The van der Waals surface area contributed by atoms with Gasteiger partial charge in [-0.1, -0.05) is 27.7 Å². The topological polar surface area (TPSA) is 188 Å². The number of benzene rings is 2. The number of ether oxygens (including phenoxy) is 3. The highest BCUT2D eigenvalue weighted by atomic mass is 35.5. The average Bonchev–Trinajstić information content (AvgIpc) is 2.89. The Hall–Kier alpha value is -3.35. The summed E-state index contributed by atoms with van der Waals surface area (Å²) in [6, 6.07) is 10.6. The second kappa shape index (κ2) is 16.2. The van der Waals surface area contributed by atoms with Gasteiger partial charge in [-0.3, -0.25) is 25.2 Å². The van der Waals surface area contributed by atoms with E-state index in [4.69, 9.17) is 24.5 Å². The molecule has 0 radical (unpaired) electrons. The van der Waals surface area contributed by atoms with Crippen LogP contribution in [-0.2, 0) is 19.1 Å². The molecule has 0 aliphatic heterocycles. The second-order valence-corrected chi connectivity index (χ2v) is 10.4. The highest BCUT2D eigenvalue weighted by Gasteiger charge is 2.48. The van der Waals surface area contributed by atoms with Crippen LogP contribution in [0.5, 0.6) is 17.2 Å². The molecule has 1 unspecified atom stereocenters. The predicted octanol–water partition coefficient (Wildman–Crippen LogP) is 4.77. The Morgan fingerprint density at radius 2 is 1.54 bits per heavy atom. The summed E-state index contributed by atoms with van der Waals surface area (Å²) in [7, 11) is -2.64. The number of hydrogen-bond donors (Lipinski definition) is 2. The van der Waals surface area contributed by atoms with Gasteiger partial charge in [-0.25, -0.2) is 4.79 Å². The summed E-state index contributed by atoms with van der Waals surface area (Å²) in [5, 5.41) is 10.8. The Morgan fingerprint density at radius 3 is 2.00 bits per heavy atom. The van der Waals surface area contributed by atoms with Crippen molar-refractivity contribution in [1.29, 1.82) is 0 Å². The van der Waals surface area contributed by atoms with Gasteiger partial charge in [0.2, 0.25) is 0 Å². The first-order chi connectivity index (χ1) is 18.8. The third-order valence-electron chi connectivity index (χ3n) is 5.89. The molecular formula is C26H36ClN4O9P. The lowest BCUT2D eigenvalue weighted by atomic mass is 9.87. The lowest BCUT2D eigenvalue weighted by molar-refractivity contribution is -0.384. The van der Waals surface area contributed by atoms with Crippen molar-refractivity contribution in [3.63, 3.8) is 0 Å². The Labute approximate surface area is 245 Å². The number of halogens is 1. The molecule has 226 valence electrons. The fraction of sp³-hybridized carbons (Fsp3) is 0.462. The first kappa shape index (κ1) is 35.7. The molecule has 4 atom stereocenters. The molecule has 0 spiro atoms. The zero-order valence-electron chi connectivity index (χ0n) is 23.6. The Balaban J connectivity index is 0.00000840. The van der Waals surface area contributed by atoms with Crippen LogP contribution in [0.15, 0.2) is 53.4 Å². The third kappa shape index (κ3) is 10.5. The Kier molecular flexibility index (Phi) is 14.1. The average molecular weight is 615 g/mol. The number of nitro benzene ring substituents is 1. The lowest BCUT2D eigenvalue weighted by Crippen LogP contribution is -2.60. The summed E-state index contributed by atoms with van der Waals surface area (Å²) in [6.07, 6.45) is -0.279. The SMILES string of the molecule is CC[C@H](N/N=[P+](\[O-])Oc1ccc(Oc2ccc([N+](=O)[O-])cc2)cc1)C(=O)O[C@](N)(C(=O)OC(C)C)[C@@H](C)C(C)C.Cl. The highest BCUT2D eigenvalue weighted by Crippen LogP contribution is 2.29. The fourth-order valence-electron chi connectivity index (χ4n) is 3.24. The molecule has 0 saturated heterocycles. The summed E-state index contributed by atoms with van der Waals surface area (Å²) in [5.74, 6) is -1.38. The number of nitrogens with two attached hydrogens (primary N) is 1. The van der Waals surface area contributed by atoms with Gasteiger partial charge in [0.15, 0.2) is 5.75 Å². The van der Waals surface area contributed by atoms with Crippen molar-refractivity contribution in [3.05, 3.63) is 58.6 Å². The van der Waals surface area contributed by atoms with Crippen LogP contribution in [-0.4, -0.2) is 34.7 Å². The lowest BCUT2D eigenvalue weighted by Gasteiger charge is -2.35. The molecule has 2 rings (SSSR count). The number of nitrogens with one attached hydrogen (secondary N) is 1. The molecule has 3 N–H and O–H groups in total. The van der Waals surface area contributed by atoms with Gasteiger partial charge in [0.05, 0.1) is 11.0 Å². The third-order valence-corrected chi connectivity index (χ3v) is 6.53. The number of non-ortho nitro benzene ring substituents is 1. The maximum absolute atomic E-state index is 12.9. The summed E-state index contributed by atoms with van der Waals surface area (Å²) in [5.41, 5.74) is 6.66. The maximum Gasteiger partial charge on any atom is 0.412 e. The largest absolute Gasteiger partial charge is 0.574 e. The molecule has 15 heteroatoms. The van der Waals surface area contributed by atoms with Crippen LogP contribution in [0.1, 0.15) is 48.0 Å². The molecule has 0 heterocycles. The molecule has 0 saturated carbocycles. The number of rotatable bonds is 14. The van der Waals surface area contributed by atoms with E-state index in [-0.39, 0.29) is 36.2 Å². The summed E-state index contributed by atoms with van der Waals surface area (Å²) in [4.78, 5) is 52.0. The number of nitro groups is 1. The summed E-state index contributed by atoms with van der Waals surface area (Å²) >= 11 is 0. The molecule has 41 heavy (non-hydrogen) atoms. The number of nitrogens with zero attached hydrogens (tertiary/aromatic N) is 2. The van der Waals surface area contributed by atoms with Crippen molar-refractivity contribution in [1.82, 2.24) is 5.43 Å². The van der Waals surface area contributed by atoms with E-state index in [1.165, 1.54) is 36.4 Å². The normalized spacial score (nSPS) is 14.3. The van der Waals surface area contributed by atoms with Crippen molar-refractivity contribution in [2.75, 3.05) is 0 Å². The minimum atomic E-state index is -2.64. The van der Waals surface area contributed by atoms with Crippen LogP contribution < -0.4 is 25.3 Å². The molecule has 0 bridgehead atoms. The molecule has 0 aromatic heterocycles. The Bertz CT molecular complexity index is 1200. The number of hydrogen-bond acceptors (Lipinski definition) is 11. The first-order valence-corrected chi connectivity index (χ1v) is 13.8. The zero-order chi connectivity index (χ0) is 30.0. The van der Waals surface area contributed by atoms with Crippen LogP contribution in [0.25, 0.3) is 0 Å². The van der Waals surface area contributed by atoms with Crippen molar-refractivity contribution in [3.8, 4) is 17.2 Å². The van der Waals surface area contributed by atoms with Gasteiger partial charge in [-0.05, 0) is 62.6 Å². The molecule has 0 aliphatic carbocycles. The number of carbonyl (C=O) groups excluding carboxylic acids is 2. The molecule has 2 aromatic rings.